The molecule has 25 heavy (non-hydrogen) atoms. The van der Waals surface area contributed by atoms with Gasteiger partial charge in [0.2, 0.25) is 0 Å². The van der Waals surface area contributed by atoms with Crippen LogP contribution in [0.2, 0.25) is 0 Å². The summed E-state index contributed by atoms with van der Waals surface area (Å²) in [5.74, 6) is 6.30. The number of pyridine rings is 1. The van der Waals surface area contributed by atoms with Crippen LogP contribution in [-0.2, 0) is 13.0 Å². The lowest BCUT2D eigenvalue weighted by Crippen LogP contribution is -1.98. The minimum Gasteiger partial charge on any atom is -0.271 e. The Morgan fingerprint density at radius 2 is 1.84 bits per heavy atom. The molecule has 0 radical (unpaired) electrons. The van der Waals surface area contributed by atoms with Gasteiger partial charge in [0.1, 0.15) is 11.4 Å². The molecular formula is C23H18N2. The highest BCUT2D eigenvalue weighted by atomic mass is 14.8. The number of aryl methyl sites for hydroxylation is 1. The van der Waals surface area contributed by atoms with Crippen LogP contribution in [0.4, 0.5) is 0 Å². The summed E-state index contributed by atoms with van der Waals surface area (Å²) in [5.41, 5.74) is 7.96. The molecule has 0 aliphatic carbocycles. The molecule has 0 spiro atoms. The van der Waals surface area contributed by atoms with Crippen molar-refractivity contribution in [1.82, 2.24) is 4.98 Å². The molecule has 0 saturated heterocycles. The molecule has 3 aromatic rings. The molecule has 0 amide bonds. The first kappa shape index (κ1) is 15.4. The average molecular weight is 322 g/mol. The summed E-state index contributed by atoms with van der Waals surface area (Å²) in [6, 6.07) is 21.0. The largest absolute Gasteiger partial charge is 0.271 e. The molecule has 2 nitrogen and oxygen atoms in total. The van der Waals surface area contributed by atoms with Gasteiger partial charge >= 0.3 is 0 Å². The zero-order chi connectivity index (χ0) is 17.1. The van der Waals surface area contributed by atoms with Crippen LogP contribution >= 0.6 is 0 Å². The fourth-order valence-electron chi connectivity index (χ4n) is 3.07. The van der Waals surface area contributed by atoms with E-state index in [1.807, 2.05) is 18.2 Å². The van der Waals surface area contributed by atoms with Gasteiger partial charge < -0.3 is 0 Å². The molecule has 4 rings (SSSR count). The maximum atomic E-state index is 4.60. The monoisotopic (exact) mass is 322 g/mol. The first-order chi connectivity index (χ1) is 12.3. The van der Waals surface area contributed by atoms with Crippen molar-refractivity contribution in [3.05, 3.63) is 100 Å². The molecule has 0 atom stereocenters. The first-order valence-electron chi connectivity index (χ1n) is 8.43. The summed E-state index contributed by atoms with van der Waals surface area (Å²) in [5, 5.41) is 0. The summed E-state index contributed by atoms with van der Waals surface area (Å²) in [6.45, 7) is 2.84. The molecule has 2 aromatic carbocycles. The minimum absolute atomic E-state index is 0.715. The Hall–Kier alpha value is -3.18. The predicted octanol–water partition coefficient (Wildman–Crippen LogP) is 4.34. The standard InChI is InChI=1S/C23H18N2/c1-17-5-4-6-18(13-17)14-19-8-9-20-16-25-23(22(20)15-19)11-10-21-7-2-3-12-24-21/h2-9,12-13,15H,14,16H2,1H3. The van der Waals surface area contributed by atoms with Crippen LogP contribution < -0.4 is 0 Å². The Morgan fingerprint density at radius 1 is 0.920 bits per heavy atom. The molecule has 1 aliphatic heterocycles. The van der Waals surface area contributed by atoms with Crippen LogP contribution in [0.3, 0.4) is 0 Å². The molecule has 2 heterocycles. The zero-order valence-corrected chi connectivity index (χ0v) is 14.2. The normalized spacial score (nSPS) is 12.1. The third-order valence-electron chi connectivity index (χ3n) is 4.30. The second-order valence-corrected chi connectivity index (χ2v) is 6.29. The number of hydrogen-bond acceptors (Lipinski definition) is 2. The van der Waals surface area contributed by atoms with E-state index in [9.17, 15) is 0 Å². The molecule has 1 aromatic heterocycles. The van der Waals surface area contributed by atoms with Crippen LogP contribution in [0.25, 0.3) is 0 Å². The van der Waals surface area contributed by atoms with E-state index in [0.717, 1.165) is 23.4 Å². The third-order valence-corrected chi connectivity index (χ3v) is 4.30. The van der Waals surface area contributed by atoms with Gasteiger partial charge in [0.15, 0.2) is 0 Å². The van der Waals surface area contributed by atoms with Gasteiger partial charge in [-0.1, -0.05) is 48.0 Å². The maximum absolute atomic E-state index is 4.60. The van der Waals surface area contributed by atoms with Crippen LogP contribution in [0.15, 0.2) is 71.9 Å². The van der Waals surface area contributed by atoms with Gasteiger partial charge in [0.25, 0.3) is 0 Å². The van der Waals surface area contributed by atoms with Crippen LogP contribution in [0.1, 0.15) is 33.5 Å². The lowest BCUT2D eigenvalue weighted by molar-refractivity contribution is 1.10. The van der Waals surface area contributed by atoms with E-state index < -0.39 is 0 Å². The van der Waals surface area contributed by atoms with Crippen molar-refractivity contribution in [2.45, 2.75) is 19.9 Å². The van der Waals surface area contributed by atoms with E-state index in [2.05, 4.69) is 71.2 Å². The van der Waals surface area contributed by atoms with Crippen molar-refractivity contribution in [2.75, 3.05) is 0 Å². The Balaban J connectivity index is 1.60. The second kappa shape index (κ2) is 6.75. The SMILES string of the molecule is Cc1cccc(Cc2ccc3c(c2)C(C#Cc2ccccn2)=NC3)c1. The third kappa shape index (κ3) is 3.51. The van der Waals surface area contributed by atoms with Crippen LogP contribution in [0, 0.1) is 18.8 Å². The van der Waals surface area contributed by atoms with Crippen molar-refractivity contribution >= 4 is 5.71 Å². The molecular weight excluding hydrogens is 304 g/mol. The lowest BCUT2D eigenvalue weighted by Gasteiger charge is -2.06. The zero-order valence-electron chi connectivity index (χ0n) is 14.2. The highest BCUT2D eigenvalue weighted by Crippen LogP contribution is 2.22. The van der Waals surface area contributed by atoms with Gasteiger partial charge in [-0.15, -0.1) is 0 Å². The Labute approximate surface area is 148 Å². The van der Waals surface area contributed by atoms with Gasteiger partial charge in [0.05, 0.1) is 6.54 Å². The number of nitrogens with zero attached hydrogens (tertiary/aromatic N) is 2. The fourth-order valence-corrected chi connectivity index (χ4v) is 3.07. The Bertz CT molecular complexity index is 1010. The van der Waals surface area contributed by atoms with Gasteiger partial charge in [0, 0.05) is 11.8 Å². The van der Waals surface area contributed by atoms with E-state index in [1.54, 1.807) is 6.20 Å². The van der Waals surface area contributed by atoms with Gasteiger partial charge in [-0.25, -0.2) is 4.98 Å². The molecule has 120 valence electrons. The summed E-state index contributed by atoms with van der Waals surface area (Å²) < 4.78 is 0. The number of aromatic nitrogens is 1. The average Bonchev–Trinajstić information content (AvgIpc) is 3.03. The minimum atomic E-state index is 0.715. The van der Waals surface area contributed by atoms with Crippen molar-refractivity contribution in [3.63, 3.8) is 0 Å². The number of hydrogen-bond donors (Lipinski definition) is 0. The number of aliphatic imine (C=N–C) groups is 1. The smallest absolute Gasteiger partial charge is 0.116 e. The first-order valence-corrected chi connectivity index (χ1v) is 8.43. The fraction of sp³-hybridized carbons (Fsp3) is 0.130. The highest BCUT2D eigenvalue weighted by Gasteiger charge is 2.14. The molecule has 0 bridgehead atoms. The molecule has 0 fully saturated rings. The van der Waals surface area contributed by atoms with E-state index in [4.69, 9.17) is 0 Å². The summed E-state index contributed by atoms with van der Waals surface area (Å²) in [7, 11) is 0. The van der Waals surface area contributed by atoms with E-state index >= 15 is 0 Å². The molecule has 0 unspecified atom stereocenters. The molecule has 0 N–H and O–H groups in total. The predicted molar refractivity (Wildman–Crippen MR) is 102 cm³/mol. The lowest BCUT2D eigenvalue weighted by atomic mass is 9.97. The van der Waals surface area contributed by atoms with Crippen molar-refractivity contribution in [2.24, 2.45) is 4.99 Å². The van der Waals surface area contributed by atoms with E-state index in [-0.39, 0.29) is 0 Å². The van der Waals surface area contributed by atoms with E-state index in [0.29, 0.717) is 6.54 Å². The van der Waals surface area contributed by atoms with E-state index in [1.165, 1.54) is 22.3 Å². The summed E-state index contributed by atoms with van der Waals surface area (Å²) in [6.07, 6.45) is 2.68. The van der Waals surface area contributed by atoms with Gasteiger partial charge in [-0.3, -0.25) is 4.99 Å². The number of fused-ring (bicyclic) bond motifs is 1. The van der Waals surface area contributed by atoms with Crippen LogP contribution in [-0.4, -0.2) is 10.7 Å². The number of benzene rings is 2. The quantitative estimate of drug-likeness (QED) is 0.645. The van der Waals surface area contributed by atoms with Crippen molar-refractivity contribution in [3.8, 4) is 11.8 Å². The number of rotatable bonds is 2. The molecule has 2 heteroatoms. The summed E-state index contributed by atoms with van der Waals surface area (Å²) in [4.78, 5) is 8.84. The van der Waals surface area contributed by atoms with Crippen LogP contribution in [0.5, 0.6) is 0 Å². The summed E-state index contributed by atoms with van der Waals surface area (Å²) >= 11 is 0. The van der Waals surface area contributed by atoms with Crippen molar-refractivity contribution < 1.29 is 0 Å². The maximum Gasteiger partial charge on any atom is 0.116 e. The van der Waals surface area contributed by atoms with Gasteiger partial charge in [-0.2, -0.15) is 0 Å². The highest BCUT2D eigenvalue weighted by molar-refractivity contribution is 6.15. The molecule has 0 saturated carbocycles. The Kier molecular flexibility index (Phi) is 4.14. The topological polar surface area (TPSA) is 25.2 Å². The van der Waals surface area contributed by atoms with Crippen molar-refractivity contribution in [1.29, 1.82) is 0 Å². The second-order valence-electron chi connectivity index (χ2n) is 6.29. The molecule has 1 aliphatic rings. The van der Waals surface area contributed by atoms with Gasteiger partial charge in [-0.05, 0) is 60.1 Å². The Morgan fingerprint density at radius 3 is 2.68 bits per heavy atom.